The van der Waals surface area contributed by atoms with Crippen LogP contribution in [0.4, 0.5) is 0 Å². The molecule has 0 spiro atoms. The van der Waals surface area contributed by atoms with Gasteiger partial charge in [0.15, 0.2) is 5.96 Å². The van der Waals surface area contributed by atoms with E-state index in [9.17, 15) is 4.79 Å². The van der Waals surface area contributed by atoms with Gasteiger partial charge in [0.05, 0.1) is 5.92 Å². The minimum atomic E-state index is -0.162. The van der Waals surface area contributed by atoms with E-state index in [1.807, 2.05) is 0 Å². The molecule has 1 aliphatic heterocycles. The molecule has 1 aromatic carbocycles. The van der Waals surface area contributed by atoms with Crippen LogP contribution in [-0.2, 0) is 4.79 Å². The summed E-state index contributed by atoms with van der Waals surface area (Å²) in [5.41, 5.74) is 8.06. The number of carbonyl (C=O) groups excluding carboxylic acids is 1. The summed E-state index contributed by atoms with van der Waals surface area (Å²) >= 11 is 0. The van der Waals surface area contributed by atoms with Crippen LogP contribution < -0.4 is 16.4 Å². The lowest BCUT2D eigenvalue weighted by Crippen LogP contribution is -2.43. The minimum Gasteiger partial charge on any atom is -0.369 e. The fourth-order valence-corrected chi connectivity index (χ4v) is 3.48. The molecule has 2 unspecified atom stereocenters. The Morgan fingerprint density at radius 3 is 2.74 bits per heavy atom. The number of nitrogens with two attached hydrogens (primary N) is 1. The number of carbonyl (C=O) groups is 1. The highest BCUT2D eigenvalue weighted by Gasteiger charge is 2.23. The highest BCUT2D eigenvalue weighted by molar-refractivity contribution is 5.79. The first-order valence-electron chi connectivity index (χ1n) is 10.0. The number of nitrogens with one attached hydrogen (secondary N) is 2. The Morgan fingerprint density at radius 2 is 2.07 bits per heavy atom. The van der Waals surface area contributed by atoms with Crippen molar-refractivity contribution in [3.63, 3.8) is 0 Å². The van der Waals surface area contributed by atoms with Crippen molar-refractivity contribution >= 4 is 11.9 Å². The van der Waals surface area contributed by atoms with Crippen LogP contribution in [0.15, 0.2) is 29.3 Å². The third-order valence-corrected chi connectivity index (χ3v) is 5.30. The molecule has 27 heavy (non-hydrogen) atoms. The van der Waals surface area contributed by atoms with Crippen molar-refractivity contribution in [2.24, 2.45) is 16.6 Å². The van der Waals surface area contributed by atoms with Crippen LogP contribution in [-0.4, -0.2) is 56.5 Å². The molecule has 1 aromatic rings. The number of amides is 1. The minimum absolute atomic E-state index is 0.0180. The molecular formula is C21H35N5O. The second kappa shape index (κ2) is 10.9. The van der Waals surface area contributed by atoms with Crippen molar-refractivity contribution < 1.29 is 4.79 Å². The molecule has 0 radical (unpaired) electrons. The number of hydrogen-bond acceptors (Lipinski definition) is 3. The summed E-state index contributed by atoms with van der Waals surface area (Å²) in [6.07, 6.45) is 3.00. The Bertz CT molecular complexity index is 614. The number of nitrogens with zero attached hydrogens (tertiary/aromatic N) is 2. The van der Waals surface area contributed by atoms with Gasteiger partial charge in [-0.1, -0.05) is 36.8 Å². The summed E-state index contributed by atoms with van der Waals surface area (Å²) in [4.78, 5) is 18.0. The zero-order valence-electron chi connectivity index (χ0n) is 17.0. The standard InChI is InChI=1S/C21H35N5O/c1-16-7-9-18(10-8-16)17(2)14-25-21(23-3)24-11-5-13-26-12-4-6-19(15-26)20(22)27/h7-10,17,19H,4-6,11-15H2,1-3H3,(H2,22,27)(H2,23,24,25). The Balaban J connectivity index is 1.65. The first kappa shape index (κ1) is 21.2. The quantitative estimate of drug-likeness (QED) is 0.369. The fraction of sp³-hybridized carbons (Fsp3) is 0.619. The number of likely N-dealkylation sites (tertiary alicyclic amines) is 1. The topological polar surface area (TPSA) is 82.8 Å². The Morgan fingerprint density at radius 1 is 1.33 bits per heavy atom. The molecule has 1 aliphatic rings. The summed E-state index contributed by atoms with van der Waals surface area (Å²) < 4.78 is 0. The molecule has 6 heteroatoms. The van der Waals surface area contributed by atoms with E-state index < -0.39 is 0 Å². The molecule has 2 atom stereocenters. The summed E-state index contributed by atoms with van der Waals surface area (Å²) in [7, 11) is 1.80. The van der Waals surface area contributed by atoms with Gasteiger partial charge in [0.2, 0.25) is 5.91 Å². The van der Waals surface area contributed by atoms with Gasteiger partial charge in [0.25, 0.3) is 0 Å². The highest BCUT2D eigenvalue weighted by Crippen LogP contribution is 2.16. The van der Waals surface area contributed by atoms with E-state index in [1.54, 1.807) is 7.05 Å². The zero-order chi connectivity index (χ0) is 19.6. The Labute approximate surface area is 163 Å². The summed E-state index contributed by atoms with van der Waals surface area (Å²) in [5, 5.41) is 6.79. The third-order valence-electron chi connectivity index (χ3n) is 5.30. The average Bonchev–Trinajstić information content (AvgIpc) is 2.68. The van der Waals surface area contributed by atoms with Gasteiger partial charge in [-0.05, 0) is 50.8 Å². The van der Waals surface area contributed by atoms with Crippen molar-refractivity contribution in [3.05, 3.63) is 35.4 Å². The van der Waals surface area contributed by atoms with Crippen LogP contribution in [0.1, 0.15) is 43.2 Å². The maximum atomic E-state index is 11.4. The molecule has 0 saturated carbocycles. The number of hydrogen-bond donors (Lipinski definition) is 3. The Kier molecular flexibility index (Phi) is 8.58. The SMILES string of the molecule is CN=C(NCCCN1CCCC(C(N)=O)C1)NCC(C)c1ccc(C)cc1. The van der Waals surface area contributed by atoms with Gasteiger partial charge in [-0.25, -0.2) is 0 Å². The van der Waals surface area contributed by atoms with Gasteiger partial charge in [-0.15, -0.1) is 0 Å². The molecule has 1 heterocycles. The number of piperidine rings is 1. The van der Waals surface area contributed by atoms with Crippen molar-refractivity contribution in [2.45, 2.75) is 39.0 Å². The largest absolute Gasteiger partial charge is 0.369 e. The van der Waals surface area contributed by atoms with Crippen molar-refractivity contribution in [2.75, 3.05) is 39.8 Å². The van der Waals surface area contributed by atoms with Gasteiger partial charge in [-0.3, -0.25) is 9.79 Å². The molecule has 0 aliphatic carbocycles. The van der Waals surface area contributed by atoms with E-state index in [4.69, 9.17) is 5.73 Å². The van der Waals surface area contributed by atoms with Crippen LogP contribution in [0.5, 0.6) is 0 Å². The van der Waals surface area contributed by atoms with Gasteiger partial charge in [0, 0.05) is 26.7 Å². The second-order valence-electron chi connectivity index (χ2n) is 7.59. The average molecular weight is 374 g/mol. The van der Waals surface area contributed by atoms with E-state index in [2.05, 4.69) is 58.6 Å². The Hall–Kier alpha value is -2.08. The van der Waals surface area contributed by atoms with Crippen LogP contribution >= 0.6 is 0 Å². The lowest BCUT2D eigenvalue weighted by Gasteiger charge is -2.31. The number of primary amides is 1. The maximum absolute atomic E-state index is 11.4. The number of guanidine groups is 1. The predicted molar refractivity (Wildman–Crippen MR) is 112 cm³/mol. The lowest BCUT2D eigenvalue weighted by atomic mass is 9.97. The predicted octanol–water partition coefficient (Wildman–Crippen LogP) is 1.85. The molecular weight excluding hydrogens is 338 g/mol. The number of aliphatic imine (C=N–C) groups is 1. The number of aryl methyl sites for hydroxylation is 1. The van der Waals surface area contributed by atoms with Gasteiger partial charge >= 0.3 is 0 Å². The molecule has 1 saturated heterocycles. The van der Waals surface area contributed by atoms with Crippen LogP contribution in [0.3, 0.4) is 0 Å². The van der Waals surface area contributed by atoms with Crippen LogP contribution in [0.2, 0.25) is 0 Å². The summed E-state index contributed by atoms with van der Waals surface area (Å²) in [6, 6.07) is 8.69. The number of rotatable bonds is 8. The molecule has 150 valence electrons. The molecule has 0 bridgehead atoms. The van der Waals surface area contributed by atoms with E-state index >= 15 is 0 Å². The molecule has 2 rings (SSSR count). The molecule has 4 N–H and O–H groups in total. The lowest BCUT2D eigenvalue weighted by molar-refractivity contribution is -0.123. The third kappa shape index (κ3) is 7.21. The fourth-order valence-electron chi connectivity index (χ4n) is 3.48. The van der Waals surface area contributed by atoms with E-state index in [0.717, 1.165) is 57.9 Å². The van der Waals surface area contributed by atoms with E-state index in [1.165, 1.54) is 11.1 Å². The van der Waals surface area contributed by atoms with Gasteiger partial charge in [0.1, 0.15) is 0 Å². The van der Waals surface area contributed by atoms with Crippen molar-refractivity contribution in [1.29, 1.82) is 0 Å². The van der Waals surface area contributed by atoms with Crippen LogP contribution in [0.25, 0.3) is 0 Å². The second-order valence-corrected chi connectivity index (χ2v) is 7.59. The van der Waals surface area contributed by atoms with E-state index in [-0.39, 0.29) is 11.8 Å². The zero-order valence-corrected chi connectivity index (χ0v) is 17.0. The number of benzene rings is 1. The van der Waals surface area contributed by atoms with E-state index in [0.29, 0.717) is 5.92 Å². The van der Waals surface area contributed by atoms with Gasteiger partial charge < -0.3 is 21.3 Å². The van der Waals surface area contributed by atoms with Crippen molar-refractivity contribution in [3.8, 4) is 0 Å². The first-order chi connectivity index (χ1) is 13.0. The highest BCUT2D eigenvalue weighted by atomic mass is 16.1. The molecule has 0 aromatic heterocycles. The summed E-state index contributed by atoms with van der Waals surface area (Å²) in [5.74, 6) is 1.11. The maximum Gasteiger partial charge on any atom is 0.221 e. The smallest absolute Gasteiger partial charge is 0.221 e. The molecule has 6 nitrogen and oxygen atoms in total. The summed E-state index contributed by atoms with van der Waals surface area (Å²) in [6.45, 7) is 8.87. The van der Waals surface area contributed by atoms with Crippen molar-refractivity contribution in [1.82, 2.24) is 15.5 Å². The molecule has 1 amide bonds. The molecule has 1 fully saturated rings. The van der Waals surface area contributed by atoms with Gasteiger partial charge in [-0.2, -0.15) is 0 Å². The monoisotopic (exact) mass is 373 g/mol. The van der Waals surface area contributed by atoms with Crippen LogP contribution in [0, 0.1) is 12.8 Å². The first-order valence-corrected chi connectivity index (χ1v) is 10.0. The normalized spacial score (nSPS) is 19.5.